The Balaban J connectivity index is 1.45. The van der Waals surface area contributed by atoms with Gasteiger partial charge in [0.05, 0.1) is 24.2 Å². The average Bonchev–Trinajstić information content (AvgIpc) is 2.89. The Morgan fingerprint density at radius 2 is 1.69 bits per heavy atom. The first-order valence-corrected chi connectivity index (χ1v) is 11.9. The molecule has 39 heavy (non-hydrogen) atoms. The van der Waals surface area contributed by atoms with Gasteiger partial charge in [-0.05, 0) is 38.0 Å². The van der Waals surface area contributed by atoms with E-state index in [0.29, 0.717) is 6.07 Å². The zero-order chi connectivity index (χ0) is 28.4. The zero-order valence-electron chi connectivity index (χ0n) is 20.6. The molecule has 0 atom stereocenters. The number of halogens is 7. The summed E-state index contributed by atoms with van der Waals surface area (Å²) < 4.78 is 97.1. The molecule has 1 aliphatic heterocycles. The van der Waals surface area contributed by atoms with Gasteiger partial charge in [0.2, 0.25) is 11.9 Å². The van der Waals surface area contributed by atoms with Gasteiger partial charge in [-0.15, -0.1) is 0 Å². The molecule has 1 amide bonds. The van der Waals surface area contributed by atoms with E-state index in [-0.39, 0.29) is 43.0 Å². The maximum Gasteiger partial charge on any atom is 0.433 e. The van der Waals surface area contributed by atoms with E-state index in [1.165, 1.54) is 17.9 Å². The molecule has 0 saturated carbocycles. The fraction of sp³-hybridized carbons (Fsp3) is 0.400. The predicted molar refractivity (Wildman–Crippen MR) is 125 cm³/mol. The van der Waals surface area contributed by atoms with Crippen molar-refractivity contribution < 1.29 is 35.5 Å². The molecule has 0 unspecified atom stereocenters. The number of piperidine rings is 1. The molecule has 0 aliphatic carbocycles. The van der Waals surface area contributed by atoms with Crippen LogP contribution in [0.1, 0.15) is 47.1 Å². The van der Waals surface area contributed by atoms with E-state index in [1.807, 2.05) is 0 Å². The van der Waals surface area contributed by atoms with Crippen LogP contribution in [0.15, 0.2) is 36.7 Å². The number of nitrogens with one attached hydrogen (secondary N) is 1. The third kappa shape index (κ3) is 6.60. The molecule has 14 heteroatoms. The maximum absolute atomic E-state index is 15.3. The smallest absolute Gasteiger partial charge is 0.348 e. The van der Waals surface area contributed by atoms with E-state index >= 15 is 8.78 Å². The predicted octanol–water partition coefficient (Wildman–Crippen LogP) is 5.02. The van der Waals surface area contributed by atoms with Gasteiger partial charge in [-0.1, -0.05) is 6.07 Å². The van der Waals surface area contributed by atoms with Crippen molar-refractivity contribution >= 4 is 11.9 Å². The summed E-state index contributed by atoms with van der Waals surface area (Å²) in [6.45, 7) is 0.731. The number of aromatic nitrogens is 4. The maximum atomic E-state index is 15.3. The topological polar surface area (TPSA) is 83.9 Å². The van der Waals surface area contributed by atoms with Crippen LogP contribution < -0.4 is 5.32 Å². The number of hydrogen-bond acceptors (Lipinski definition) is 6. The summed E-state index contributed by atoms with van der Waals surface area (Å²) in [5.74, 6) is -6.60. The Bertz CT molecular complexity index is 1320. The number of hydrogen-bond donors (Lipinski definition) is 1. The summed E-state index contributed by atoms with van der Waals surface area (Å²) in [6, 6.07) is 3.94. The van der Waals surface area contributed by atoms with E-state index in [4.69, 9.17) is 0 Å². The first kappa shape index (κ1) is 28.2. The molecule has 3 aromatic rings. The third-order valence-electron chi connectivity index (χ3n) is 6.37. The fourth-order valence-corrected chi connectivity index (χ4v) is 4.33. The van der Waals surface area contributed by atoms with Gasteiger partial charge in [-0.2, -0.15) is 22.0 Å². The highest BCUT2D eigenvalue weighted by Gasteiger charge is 2.39. The lowest BCUT2D eigenvalue weighted by Crippen LogP contribution is -2.39. The zero-order valence-corrected chi connectivity index (χ0v) is 20.6. The largest absolute Gasteiger partial charge is 0.433 e. The van der Waals surface area contributed by atoms with Crippen molar-refractivity contribution in [2.24, 2.45) is 0 Å². The van der Waals surface area contributed by atoms with Gasteiger partial charge < -0.3 is 10.2 Å². The standard InChI is InChI=1S/C25H23F7N6O/c1-14-34-12-17(24(28,29)13-35-23-33-8-5-20(37-23)25(30,31)32)22(36-14)15-6-9-38(10-7-15)21(39)11-16-18(26)3-2-4-19(16)27/h2-5,8,12,15H,6-7,9-11,13H2,1H3,(H,33,35,37). The minimum absolute atomic E-state index is 0.0616. The van der Waals surface area contributed by atoms with Crippen LogP contribution in [0.25, 0.3) is 0 Å². The number of carbonyl (C=O) groups is 1. The molecule has 1 saturated heterocycles. The summed E-state index contributed by atoms with van der Waals surface area (Å²) in [5, 5.41) is 2.15. The van der Waals surface area contributed by atoms with Gasteiger partial charge in [0.1, 0.15) is 23.2 Å². The minimum Gasteiger partial charge on any atom is -0.348 e. The van der Waals surface area contributed by atoms with Crippen LogP contribution in [0, 0.1) is 18.6 Å². The number of rotatable bonds is 7. The monoisotopic (exact) mass is 556 g/mol. The summed E-state index contributed by atoms with van der Waals surface area (Å²) in [7, 11) is 0. The van der Waals surface area contributed by atoms with Crippen LogP contribution in [-0.2, 0) is 23.3 Å². The lowest BCUT2D eigenvalue weighted by molar-refractivity contribution is -0.141. The highest BCUT2D eigenvalue weighted by atomic mass is 19.4. The van der Waals surface area contributed by atoms with Crippen molar-refractivity contribution in [2.75, 3.05) is 25.0 Å². The first-order valence-electron chi connectivity index (χ1n) is 11.9. The molecule has 0 spiro atoms. The summed E-state index contributed by atoms with van der Waals surface area (Å²) >= 11 is 0. The SMILES string of the molecule is Cc1ncc(C(F)(F)CNc2nccc(C(F)(F)F)n2)c(C2CCN(C(=O)Cc3c(F)cccc3F)CC2)n1. The van der Waals surface area contributed by atoms with Gasteiger partial charge >= 0.3 is 6.18 Å². The van der Waals surface area contributed by atoms with Gasteiger partial charge in [-0.3, -0.25) is 4.79 Å². The molecule has 1 fully saturated rings. The Morgan fingerprint density at radius 1 is 1.03 bits per heavy atom. The molecule has 208 valence electrons. The minimum atomic E-state index is -4.76. The highest BCUT2D eigenvalue weighted by molar-refractivity contribution is 5.79. The second-order valence-electron chi connectivity index (χ2n) is 9.07. The quantitative estimate of drug-likeness (QED) is 0.412. The van der Waals surface area contributed by atoms with Gasteiger partial charge in [-0.25, -0.2) is 28.7 Å². The van der Waals surface area contributed by atoms with E-state index < -0.39 is 65.7 Å². The molecule has 1 aliphatic rings. The van der Waals surface area contributed by atoms with E-state index in [0.717, 1.165) is 24.5 Å². The Hall–Kier alpha value is -3.84. The normalized spacial score (nSPS) is 14.9. The molecular weight excluding hydrogens is 533 g/mol. The molecule has 0 radical (unpaired) electrons. The highest BCUT2D eigenvalue weighted by Crippen LogP contribution is 2.37. The fourth-order valence-electron chi connectivity index (χ4n) is 4.33. The Labute approximate surface area is 218 Å². The number of nitrogens with zero attached hydrogens (tertiary/aromatic N) is 5. The Morgan fingerprint density at radius 3 is 2.33 bits per heavy atom. The number of likely N-dealkylation sites (tertiary alicyclic amines) is 1. The van der Waals surface area contributed by atoms with Crippen LogP contribution in [0.5, 0.6) is 0 Å². The van der Waals surface area contributed by atoms with E-state index in [1.54, 1.807) is 0 Å². The molecule has 4 rings (SSSR count). The average molecular weight is 556 g/mol. The molecule has 3 heterocycles. The second-order valence-corrected chi connectivity index (χ2v) is 9.07. The van der Waals surface area contributed by atoms with Crippen LogP contribution in [0.2, 0.25) is 0 Å². The van der Waals surface area contributed by atoms with Gasteiger partial charge in [0, 0.05) is 37.0 Å². The van der Waals surface area contributed by atoms with Crippen molar-refractivity contribution in [3.8, 4) is 0 Å². The first-order chi connectivity index (χ1) is 18.3. The number of carbonyl (C=O) groups excluding carboxylic acids is 1. The van der Waals surface area contributed by atoms with Crippen molar-refractivity contribution in [1.29, 1.82) is 0 Å². The number of aryl methyl sites for hydroxylation is 1. The molecular formula is C25H23F7N6O. The summed E-state index contributed by atoms with van der Waals surface area (Å²) in [6.07, 6.45) is -2.93. The molecule has 7 nitrogen and oxygen atoms in total. The lowest BCUT2D eigenvalue weighted by Gasteiger charge is -2.33. The molecule has 1 aromatic carbocycles. The van der Waals surface area contributed by atoms with Crippen LogP contribution in [0.3, 0.4) is 0 Å². The van der Waals surface area contributed by atoms with E-state index in [2.05, 4.69) is 25.3 Å². The van der Waals surface area contributed by atoms with Gasteiger partial charge in [0.15, 0.2) is 0 Å². The number of alkyl halides is 5. The molecule has 1 N–H and O–H groups in total. The van der Waals surface area contributed by atoms with Crippen LogP contribution in [0.4, 0.5) is 36.7 Å². The molecule has 2 aromatic heterocycles. The van der Waals surface area contributed by atoms with Crippen molar-refractivity contribution in [3.63, 3.8) is 0 Å². The van der Waals surface area contributed by atoms with E-state index in [9.17, 15) is 26.7 Å². The van der Waals surface area contributed by atoms with Crippen LogP contribution >= 0.6 is 0 Å². The number of amides is 1. The Kier molecular flexibility index (Phi) is 8.02. The second kappa shape index (κ2) is 11.1. The summed E-state index contributed by atoms with van der Waals surface area (Å²) in [4.78, 5) is 29.0. The van der Waals surface area contributed by atoms with Crippen LogP contribution in [-0.4, -0.2) is 50.4 Å². The van der Waals surface area contributed by atoms with Crippen molar-refractivity contribution in [1.82, 2.24) is 24.8 Å². The van der Waals surface area contributed by atoms with Crippen molar-refractivity contribution in [3.05, 3.63) is 76.6 Å². The lowest BCUT2D eigenvalue weighted by atomic mass is 9.89. The number of anilines is 1. The third-order valence-corrected chi connectivity index (χ3v) is 6.37. The van der Waals surface area contributed by atoms with Gasteiger partial charge in [0.25, 0.3) is 5.92 Å². The van der Waals surface area contributed by atoms with Crippen molar-refractivity contribution in [2.45, 2.75) is 44.2 Å². The summed E-state index contributed by atoms with van der Waals surface area (Å²) in [5.41, 5.74) is -2.06. The molecule has 0 bridgehead atoms. The number of benzene rings is 1.